The maximum atomic E-state index is 4.45. The Kier molecular flexibility index (Phi) is 0.775. The molecule has 1 N–H and O–H groups in total. The van der Waals surface area contributed by atoms with Crippen LogP contribution in [0.25, 0.3) is 0 Å². The topological polar surface area (TPSA) is 28.7 Å². The molecule has 4 rings (SSSR count). The molecule has 1 aromatic rings. The Morgan fingerprint density at radius 3 is 3.08 bits per heavy atom. The summed E-state index contributed by atoms with van der Waals surface area (Å²) in [5.74, 6) is 2.77. The number of rotatable bonds is 1. The predicted octanol–water partition coefficient (Wildman–Crippen LogP) is 1.95. The van der Waals surface area contributed by atoms with Gasteiger partial charge in [0.25, 0.3) is 0 Å². The highest BCUT2D eigenvalue weighted by Gasteiger charge is 2.49. The van der Waals surface area contributed by atoms with Crippen molar-refractivity contribution in [3.63, 3.8) is 0 Å². The molecule has 0 aliphatic heterocycles. The lowest BCUT2D eigenvalue weighted by Crippen LogP contribution is -1.85. The van der Waals surface area contributed by atoms with Gasteiger partial charge in [-0.1, -0.05) is 0 Å². The van der Waals surface area contributed by atoms with Gasteiger partial charge in [0.05, 0.1) is 5.69 Å². The van der Waals surface area contributed by atoms with Crippen LogP contribution in [-0.2, 0) is 6.42 Å². The Morgan fingerprint density at radius 1 is 1.33 bits per heavy atom. The Balaban J connectivity index is 1.91. The molecule has 62 valence electrons. The molecule has 2 saturated carbocycles. The first-order chi connectivity index (χ1) is 5.93. The van der Waals surface area contributed by atoms with Gasteiger partial charge in [-0.05, 0) is 43.1 Å². The van der Waals surface area contributed by atoms with Crippen LogP contribution in [0.5, 0.6) is 0 Å². The van der Waals surface area contributed by atoms with Crippen molar-refractivity contribution in [1.29, 1.82) is 0 Å². The largest absolute Gasteiger partial charge is 0.282 e. The van der Waals surface area contributed by atoms with E-state index < -0.39 is 0 Å². The van der Waals surface area contributed by atoms with Crippen LogP contribution in [-0.4, -0.2) is 10.2 Å². The van der Waals surface area contributed by atoms with Crippen molar-refractivity contribution < 1.29 is 0 Å². The minimum absolute atomic E-state index is 0.837. The van der Waals surface area contributed by atoms with Crippen molar-refractivity contribution in [2.24, 2.45) is 5.92 Å². The Labute approximate surface area is 71.4 Å². The molecule has 0 radical (unpaired) electrons. The number of H-pyrrole nitrogens is 1. The second-order valence-electron chi connectivity index (χ2n) is 4.58. The van der Waals surface area contributed by atoms with Crippen LogP contribution in [0.2, 0.25) is 0 Å². The average Bonchev–Trinajstić information content (AvgIpc) is 2.95. The smallest absolute Gasteiger partial charge is 0.0690 e. The lowest BCUT2D eigenvalue weighted by atomic mass is 10.1. The zero-order valence-corrected chi connectivity index (χ0v) is 7.01. The van der Waals surface area contributed by atoms with Crippen molar-refractivity contribution in [2.45, 2.75) is 37.5 Å². The number of nitrogens with zero attached hydrogens (tertiary/aromatic N) is 1. The second-order valence-corrected chi connectivity index (χ2v) is 4.58. The summed E-state index contributed by atoms with van der Waals surface area (Å²) < 4.78 is 0. The fraction of sp³-hybridized carbons (Fsp3) is 0.700. The Hall–Kier alpha value is -0.790. The van der Waals surface area contributed by atoms with E-state index in [1.54, 1.807) is 5.56 Å². The fourth-order valence-electron chi connectivity index (χ4n) is 2.73. The van der Waals surface area contributed by atoms with E-state index in [1.165, 1.54) is 37.1 Å². The molecule has 0 spiro atoms. The molecule has 2 fully saturated rings. The van der Waals surface area contributed by atoms with Crippen LogP contribution in [0.15, 0.2) is 0 Å². The van der Waals surface area contributed by atoms with Gasteiger partial charge in [-0.15, -0.1) is 0 Å². The van der Waals surface area contributed by atoms with Gasteiger partial charge >= 0.3 is 0 Å². The first-order valence-corrected chi connectivity index (χ1v) is 5.00. The normalized spacial score (nSPS) is 36.3. The quantitative estimate of drug-likeness (QED) is 0.668. The van der Waals surface area contributed by atoms with Crippen LogP contribution < -0.4 is 0 Å². The van der Waals surface area contributed by atoms with E-state index in [9.17, 15) is 0 Å². The second kappa shape index (κ2) is 1.61. The van der Waals surface area contributed by atoms with Crippen molar-refractivity contribution >= 4 is 0 Å². The van der Waals surface area contributed by atoms with Gasteiger partial charge in [0.15, 0.2) is 0 Å². The highest BCUT2D eigenvalue weighted by Crippen LogP contribution is 2.59. The Bertz CT molecular complexity index is 349. The lowest BCUT2D eigenvalue weighted by molar-refractivity contribution is 0.805. The number of aromatic amines is 1. The number of hydrogen-bond donors (Lipinski definition) is 1. The molecule has 2 unspecified atom stereocenters. The number of hydrogen-bond acceptors (Lipinski definition) is 1. The molecule has 0 aromatic carbocycles. The van der Waals surface area contributed by atoms with E-state index in [-0.39, 0.29) is 0 Å². The minimum Gasteiger partial charge on any atom is -0.282 e. The SMILES string of the molecule is C1CC1c1n[nH]c2c1C1CC1C2. The standard InChI is InChI=1S/C10H12N2/c1-2-5(1)10-9-7-3-6(7)4-8(9)11-12-10/h5-7H,1-4H2,(H,11,12). The van der Waals surface area contributed by atoms with E-state index in [4.69, 9.17) is 0 Å². The highest BCUT2D eigenvalue weighted by molar-refractivity contribution is 5.43. The molecule has 12 heavy (non-hydrogen) atoms. The van der Waals surface area contributed by atoms with Gasteiger partial charge in [-0.25, -0.2) is 0 Å². The molecule has 2 atom stereocenters. The van der Waals surface area contributed by atoms with E-state index in [0.29, 0.717) is 0 Å². The van der Waals surface area contributed by atoms with Gasteiger partial charge in [-0.2, -0.15) is 5.10 Å². The number of nitrogens with one attached hydrogen (secondary N) is 1. The molecule has 1 heterocycles. The third-order valence-corrected chi connectivity index (χ3v) is 3.64. The Morgan fingerprint density at radius 2 is 2.25 bits per heavy atom. The molecular weight excluding hydrogens is 148 g/mol. The zero-order chi connectivity index (χ0) is 7.71. The van der Waals surface area contributed by atoms with Crippen LogP contribution in [0.3, 0.4) is 0 Å². The van der Waals surface area contributed by atoms with Crippen LogP contribution >= 0.6 is 0 Å². The van der Waals surface area contributed by atoms with Gasteiger partial charge in [-0.3, -0.25) is 5.10 Å². The zero-order valence-electron chi connectivity index (χ0n) is 7.01. The van der Waals surface area contributed by atoms with E-state index in [0.717, 1.165) is 17.8 Å². The maximum Gasteiger partial charge on any atom is 0.0690 e. The summed E-state index contributed by atoms with van der Waals surface area (Å²) in [6.07, 6.45) is 5.51. The monoisotopic (exact) mass is 160 g/mol. The van der Waals surface area contributed by atoms with Gasteiger partial charge < -0.3 is 0 Å². The number of aromatic nitrogens is 2. The third-order valence-electron chi connectivity index (χ3n) is 3.64. The molecule has 2 heteroatoms. The third kappa shape index (κ3) is 0.563. The first kappa shape index (κ1) is 5.79. The molecule has 0 bridgehead atoms. The summed E-state index contributed by atoms with van der Waals surface area (Å²) >= 11 is 0. The molecule has 0 saturated heterocycles. The van der Waals surface area contributed by atoms with E-state index in [2.05, 4.69) is 10.2 Å². The average molecular weight is 160 g/mol. The number of fused-ring (bicyclic) bond motifs is 3. The van der Waals surface area contributed by atoms with Gasteiger partial charge in [0, 0.05) is 11.6 Å². The van der Waals surface area contributed by atoms with Crippen LogP contribution in [0, 0.1) is 5.92 Å². The van der Waals surface area contributed by atoms with Gasteiger partial charge in [0.1, 0.15) is 0 Å². The van der Waals surface area contributed by atoms with E-state index in [1.807, 2.05) is 0 Å². The maximum absolute atomic E-state index is 4.45. The molecule has 3 aliphatic rings. The van der Waals surface area contributed by atoms with Crippen molar-refractivity contribution in [2.75, 3.05) is 0 Å². The molecule has 3 aliphatic carbocycles. The van der Waals surface area contributed by atoms with Crippen LogP contribution in [0.1, 0.15) is 48.0 Å². The lowest BCUT2D eigenvalue weighted by Gasteiger charge is -1.95. The minimum atomic E-state index is 0.837. The highest BCUT2D eigenvalue weighted by atomic mass is 15.1. The van der Waals surface area contributed by atoms with Crippen molar-refractivity contribution in [3.05, 3.63) is 17.0 Å². The van der Waals surface area contributed by atoms with Crippen molar-refractivity contribution in [1.82, 2.24) is 10.2 Å². The summed E-state index contributed by atoms with van der Waals surface area (Å²) in [7, 11) is 0. The summed E-state index contributed by atoms with van der Waals surface area (Å²) in [6.45, 7) is 0. The summed E-state index contributed by atoms with van der Waals surface area (Å²) in [6, 6.07) is 0. The fourth-order valence-corrected chi connectivity index (χ4v) is 2.73. The van der Waals surface area contributed by atoms with Crippen LogP contribution in [0.4, 0.5) is 0 Å². The molecular formula is C10H12N2. The van der Waals surface area contributed by atoms with Gasteiger partial charge in [0.2, 0.25) is 0 Å². The van der Waals surface area contributed by atoms with Crippen molar-refractivity contribution in [3.8, 4) is 0 Å². The summed E-state index contributed by atoms with van der Waals surface area (Å²) in [4.78, 5) is 0. The first-order valence-electron chi connectivity index (χ1n) is 5.00. The molecule has 2 nitrogen and oxygen atoms in total. The molecule has 1 aromatic heterocycles. The summed E-state index contributed by atoms with van der Waals surface area (Å²) in [5.41, 5.74) is 4.55. The molecule has 0 amide bonds. The predicted molar refractivity (Wildman–Crippen MR) is 45.1 cm³/mol. The van der Waals surface area contributed by atoms with E-state index >= 15 is 0 Å². The summed E-state index contributed by atoms with van der Waals surface area (Å²) in [5, 5.41) is 7.67.